The van der Waals surface area contributed by atoms with Crippen LogP contribution in [0.15, 0.2) is 91.6 Å². The molecule has 0 unspecified atom stereocenters. The first-order valence-corrected chi connectivity index (χ1v) is 11.0. The summed E-state index contributed by atoms with van der Waals surface area (Å²) in [6, 6.07) is 16.0. The molecule has 1 saturated heterocycles. The number of carbonyl (C=O) groups excluding carboxylic acids is 1. The molecule has 3 aromatic rings. The van der Waals surface area contributed by atoms with Gasteiger partial charge in [-0.15, -0.1) is 0 Å². The van der Waals surface area contributed by atoms with E-state index in [4.69, 9.17) is 0 Å². The molecule has 0 N–H and O–H groups in total. The van der Waals surface area contributed by atoms with Gasteiger partial charge in [-0.1, -0.05) is 56.5 Å². The predicted octanol–water partition coefficient (Wildman–Crippen LogP) is 5.77. The van der Waals surface area contributed by atoms with Crippen molar-refractivity contribution in [2.24, 2.45) is 5.41 Å². The highest BCUT2D eigenvalue weighted by atomic mass is 16.2. The van der Waals surface area contributed by atoms with Crippen LogP contribution in [-0.4, -0.2) is 38.8 Å². The van der Waals surface area contributed by atoms with Crippen molar-refractivity contribution in [1.82, 2.24) is 19.9 Å². The van der Waals surface area contributed by atoms with E-state index in [-0.39, 0.29) is 18.7 Å². The average Bonchev–Trinajstić information content (AvgIpc) is 2.85. The maximum absolute atomic E-state index is 13.5. The molecule has 0 aliphatic carbocycles. The van der Waals surface area contributed by atoms with Gasteiger partial charge in [-0.3, -0.25) is 9.78 Å². The van der Waals surface area contributed by atoms with E-state index < -0.39 is 0 Å². The molecule has 1 aliphatic rings. The lowest BCUT2D eigenvalue weighted by molar-refractivity contribution is 0.0632. The minimum absolute atomic E-state index is 0. The molecule has 0 atom stereocenters. The number of aromatic nitrogens is 3. The van der Waals surface area contributed by atoms with Crippen molar-refractivity contribution in [3.63, 3.8) is 0 Å². The number of rotatable bonds is 6. The Morgan fingerprint density at radius 1 is 1.06 bits per heavy atom. The van der Waals surface area contributed by atoms with E-state index >= 15 is 0 Å². The van der Waals surface area contributed by atoms with Crippen LogP contribution in [0.25, 0.3) is 11.4 Å². The molecule has 1 aromatic carbocycles. The van der Waals surface area contributed by atoms with E-state index in [2.05, 4.69) is 57.9 Å². The van der Waals surface area contributed by atoms with E-state index in [1.807, 2.05) is 24.0 Å². The third kappa shape index (κ3) is 5.25. The monoisotopic (exact) mass is 440 g/mol. The predicted molar refractivity (Wildman–Crippen MR) is 134 cm³/mol. The SMILES string of the molecule is C.C=C(/C=C/C)C1(Cc2ccccc2)CCN(C(=O)c2cccnc2-c2ccncn2)CC1. The van der Waals surface area contributed by atoms with Crippen LogP contribution < -0.4 is 0 Å². The second-order valence-corrected chi connectivity index (χ2v) is 8.25. The Hall–Kier alpha value is -3.60. The molecule has 0 spiro atoms. The molecule has 0 saturated carbocycles. The first-order valence-electron chi connectivity index (χ1n) is 11.0. The number of piperidine rings is 1. The van der Waals surface area contributed by atoms with Crippen molar-refractivity contribution in [3.8, 4) is 11.4 Å². The molecule has 2 aromatic heterocycles. The number of benzene rings is 1. The van der Waals surface area contributed by atoms with E-state index in [9.17, 15) is 4.79 Å². The highest BCUT2D eigenvalue weighted by molar-refractivity contribution is 5.99. The summed E-state index contributed by atoms with van der Waals surface area (Å²) >= 11 is 0. The van der Waals surface area contributed by atoms with Crippen molar-refractivity contribution in [2.45, 2.75) is 33.6 Å². The summed E-state index contributed by atoms with van der Waals surface area (Å²) in [5.41, 5.74) is 4.22. The normalized spacial score (nSPS) is 15.1. The molecule has 1 amide bonds. The van der Waals surface area contributed by atoms with Gasteiger partial charge in [-0.05, 0) is 55.5 Å². The molecule has 4 rings (SSSR count). The van der Waals surface area contributed by atoms with Crippen molar-refractivity contribution in [3.05, 3.63) is 103 Å². The Bertz CT molecular complexity index is 1100. The van der Waals surface area contributed by atoms with Gasteiger partial charge in [0.2, 0.25) is 0 Å². The summed E-state index contributed by atoms with van der Waals surface area (Å²) in [4.78, 5) is 28.1. The Morgan fingerprint density at radius 2 is 1.82 bits per heavy atom. The number of carbonyl (C=O) groups is 1. The number of hydrogen-bond donors (Lipinski definition) is 0. The lowest BCUT2D eigenvalue weighted by Gasteiger charge is -2.43. The summed E-state index contributed by atoms with van der Waals surface area (Å²) < 4.78 is 0. The summed E-state index contributed by atoms with van der Waals surface area (Å²) in [5, 5.41) is 0. The zero-order valence-electron chi connectivity index (χ0n) is 18.4. The average molecular weight is 441 g/mol. The molecule has 3 heterocycles. The zero-order chi connectivity index (χ0) is 22.4. The van der Waals surface area contributed by atoms with Gasteiger partial charge in [-0.25, -0.2) is 9.97 Å². The summed E-state index contributed by atoms with van der Waals surface area (Å²) in [6.45, 7) is 7.79. The second-order valence-electron chi connectivity index (χ2n) is 8.25. The van der Waals surface area contributed by atoms with Crippen molar-refractivity contribution < 1.29 is 4.79 Å². The largest absolute Gasteiger partial charge is 0.339 e. The standard InChI is InChI=1S/C27H28N4O.CH4/c1-3-8-21(2)27(19-22-9-5-4-6-10-22)13-17-31(18-14-27)26(32)23-11-7-15-29-25(23)24-12-16-28-20-30-24;/h3-12,15-16,20H,2,13-14,17-19H2,1H3;1H4/b8-3+;. The second kappa shape index (κ2) is 10.8. The lowest BCUT2D eigenvalue weighted by atomic mass is 9.69. The molecular formula is C28H32N4O. The Balaban J connectivity index is 0.00000306. The smallest absolute Gasteiger partial charge is 0.256 e. The molecule has 1 aliphatic heterocycles. The van der Waals surface area contributed by atoms with Crippen LogP contribution in [0.4, 0.5) is 0 Å². The van der Waals surface area contributed by atoms with Gasteiger partial charge in [0.15, 0.2) is 0 Å². The van der Waals surface area contributed by atoms with Crippen LogP contribution in [-0.2, 0) is 6.42 Å². The van der Waals surface area contributed by atoms with Crippen LogP contribution >= 0.6 is 0 Å². The lowest BCUT2D eigenvalue weighted by Crippen LogP contribution is -2.44. The Kier molecular flexibility index (Phi) is 7.88. The maximum Gasteiger partial charge on any atom is 0.256 e. The third-order valence-corrected chi connectivity index (χ3v) is 6.30. The van der Waals surface area contributed by atoms with E-state index in [0.29, 0.717) is 30.0 Å². The van der Waals surface area contributed by atoms with Gasteiger partial charge in [0.1, 0.15) is 12.0 Å². The molecule has 33 heavy (non-hydrogen) atoms. The van der Waals surface area contributed by atoms with Gasteiger partial charge >= 0.3 is 0 Å². The number of allylic oxidation sites excluding steroid dienone is 3. The molecular weight excluding hydrogens is 408 g/mol. The number of pyridine rings is 1. The van der Waals surface area contributed by atoms with Crippen LogP contribution in [0, 0.1) is 5.41 Å². The fourth-order valence-corrected chi connectivity index (χ4v) is 4.50. The number of amides is 1. The highest BCUT2D eigenvalue weighted by Crippen LogP contribution is 2.42. The minimum Gasteiger partial charge on any atom is -0.339 e. The van der Waals surface area contributed by atoms with Crippen LogP contribution in [0.3, 0.4) is 0 Å². The molecule has 5 heteroatoms. The van der Waals surface area contributed by atoms with Crippen LogP contribution in [0.2, 0.25) is 0 Å². The van der Waals surface area contributed by atoms with Gasteiger partial charge in [-0.2, -0.15) is 0 Å². The van der Waals surface area contributed by atoms with Gasteiger partial charge in [0.05, 0.1) is 11.3 Å². The van der Waals surface area contributed by atoms with E-state index in [0.717, 1.165) is 24.8 Å². The first-order chi connectivity index (χ1) is 15.6. The number of likely N-dealkylation sites (tertiary alicyclic amines) is 1. The third-order valence-electron chi connectivity index (χ3n) is 6.30. The van der Waals surface area contributed by atoms with Crippen molar-refractivity contribution in [1.29, 1.82) is 0 Å². The maximum atomic E-state index is 13.5. The molecule has 170 valence electrons. The fourth-order valence-electron chi connectivity index (χ4n) is 4.50. The fraction of sp³-hybridized carbons (Fsp3) is 0.286. The summed E-state index contributed by atoms with van der Waals surface area (Å²) in [6.07, 6.45) is 11.7. The van der Waals surface area contributed by atoms with E-state index in [1.165, 1.54) is 11.9 Å². The van der Waals surface area contributed by atoms with Gasteiger partial charge in [0.25, 0.3) is 5.91 Å². The van der Waals surface area contributed by atoms with E-state index in [1.54, 1.807) is 24.5 Å². The molecule has 1 fully saturated rings. The quantitative estimate of drug-likeness (QED) is 0.457. The summed E-state index contributed by atoms with van der Waals surface area (Å²) in [5.74, 6) is -0.00308. The first kappa shape index (κ1) is 24.1. The topological polar surface area (TPSA) is 59.0 Å². The van der Waals surface area contributed by atoms with Gasteiger partial charge < -0.3 is 4.90 Å². The molecule has 0 radical (unpaired) electrons. The highest BCUT2D eigenvalue weighted by Gasteiger charge is 2.38. The number of hydrogen-bond acceptors (Lipinski definition) is 4. The van der Waals surface area contributed by atoms with Crippen molar-refractivity contribution >= 4 is 5.91 Å². The summed E-state index contributed by atoms with van der Waals surface area (Å²) in [7, 11) is 0. The minimum atomic E-state index is -0.0466. The Labute approximate surface area is 196 Å². The van der Waals surface area contributed by atoms with Crippen molar-refractivity contribution in [2.75, 3.05) is 13.1 Å². The molecule has 5 nitrogen and oxygen atoms in total. The van der Waals surface area contributed by atoms with Crippen LogP contribution in [0.5, 0.6) is 0 Å². The van der Waals surface area contributed by atoms with Gasteiger partial charge in [0, 0.05) is 30.9 Å². The zero-order valence-corrected chi connectivity index (χ0v) is 18.4. The van der Waals surface area contributed by atoms with Crippen LogP contribution in [0.1, 0.15) is 43.1 Å². The number of nitrogens with zero attached hydrogens (tertiary/aromatic N) is 4. The Morgan fingerprint density at radius 3 is 2.48 bits per heavy atom. The molecule has 0 bridgehead atoms.